The molecule has 1 saturated heterocycles. The van der Waals surface area contributed by atoms with Gasteiger partial charge < -0.3 is 20.1 Å². The van der Waals surface area contributed by atoms with Gasteiger partial charge in [-0.15, -0.1) is 24.0 Å². The highest BCUT2D eigenvalue weighted by Gasteiger charge is 2.13. The normalized spacial score (nSPS) is 14.8. The molecule has 1 fully saturated rings. The van der Waals surface area contributed by atoms with Crippen LogP contribution in [0.15, 0.2) is 53.7 Å². The first-order valence-corrected chi connectivity index (χ1v) is 10.5. The second-order valence-electron chi connectivity index (χ2n) is 7.13. The molecule has 2 aromatic rings. The number of nitrogens with zero attached hydrogens (tertiary/aromatic N) is 2. The van der Waals surface area contributed by atoms with Gasteiger partial charge in [-0.25, -0.2) is 4.99 Å². The van der Waals surface area contributed by atoms with Crippen molar-refractivity contribution in [2.75, 3.05) is 26.3 Å². The first kappa shape index (κ1) is 24.6. The summed E-state index contributed by atoms with van der Waals surface area (Å²) in [4.78, 5) is 9.04. The molecule has 0 aliphatic carbocycles. The summed E-state index contributed by atoms with van der Waals surface area (Å²) in [5.41, 5.74) is 3.46. The van der Waals surface area contributed by atoms with E-state index < -0.39 is 0 Å². The number of pyridine rings is 1. The van der Waals surface area contributed by atoms with Gasteiger partial charge in [0, 0.05) is 44.6 Å². The summed E-state index contributed by atoms with van der Waals surface area (Å²) in [5.74, 6) is 0.829. The molecule has 0 spiro atoms. The zero-order valence-corrected chi connectivity index (χ0v) is 20.0. The number of guanidine groups is 1. The SMILES string of the molecule is CCNC(=NCc1ccc(COC2CCOCC2)cc1)NCCc1ccccn1.I. The molecule has 1 aliphatic heterocycles. The highest BCUT2D eigenvalue weighted by molar-refractivity contribution is 14.0. The average Bonchev–Trinajstić information content (AvgIpc) is 2.78. The van der Waals surface area contributed by atoms with Crippen LogP contribution < -0.4 is 10.6 Å². The van der Waals surface area contributed by atoms with E-state index in [1.54, 1.807) is 0 Å². The van der Waals surface area contributed by atoms with Gasteiger partial charge in [-0.05, 0) is 43.0 Å². The molecule has 7 heteroatoms. The van der Waals surface area contributed by atoms with Crippen molar-refractivity contribution in [3.63, 3.8) is 0 Å². The maximum atomic E-state index is 5.99. The van der Waals surface area contributed by atoms with Gasteiger partial charge in [0.05, 0.1) is 19.3 Å². The maximum Gasteiger partial charge on any atom is 0.191 e. The van der Waals surface area contributed by atoms with E-state index >= 15 is 0 Å². The number of benzene rings is 1. The monoisotopic (exact) mass is 524 g/mol. The minimum Gasteiger partial charge on any atom is -0.381 e. The second kappa shape index (κ2) is 14.3. The largest absolute Gasteiger partial charge is 0.381 e. The molecule has 0 atom stereocenters. The quantitative estimate of drug-likeness (QED) is 0.298. The highest BCUT2D eigenvalue weighted by atomic mass is 127. The Bertz CT molecular complexity index is 735. The Morgan fingerprint density at radius 1 is 1.10 bits per heavy atom. The van der Waals surface area contributed by atoms with Crippen LogP contribution in [0.25, 0.3) is 0 Å². The summed E-state index contributed by atoms with van der Waals surface area (Å²) >= 11 is 0. The molecule has 1 aliphatic rings. The molecule has 1 aromatic heterocycles. The van der Waals surface area contributed by atoms with Crippen LogP contribution in [-0.4, -0.2) is 43.4 Å². The molecule has 0 amide bonds. The van der Waals surface area contributed by atoms with E-state index in [1.165, 1.54) is 11.1 Å². The fraction of sp³-hybridized carbons (Fsp3) is 0.478. The first-order valence-electron chi connectivity index (χ1n) is 10.5. The predicted molar refractivity (Wildman–Crippen MR) is 131 cm³/mol. The Morgan fingerprint density at radius 3 is 2.57 bits per heavy atom. The van der Waals surface area contributed by atoms with Crippen molar-refractivity contribution in [1.82, 2.24) is 15.6 Å². The van der Waals surface area contributed by atoms with Crippen molar-refractivity contribution in [2.45, 2.75) is 45.4 Å². The smallest absolute Gasteiger partial charge is 0.191 e. The van der Waals surface area contributed by atoms with Crippen molar-refractivity contribution in [2.24, 2.45) is 4.99 Å². The summed E-state index contributed by atoms with van der Waals surface area (Å²) < 4.78 is 11.4. The van der Waals surface area contributed by atoms with Crippen LogP contribution in [0.4, 0.5) is 0 Å². The fourth-order valence-electron chi connectivity index (χ4n) is 3.16. The van der Waals surface area contributed by atoms with Gasteiger partial charge >= 0.3 is 0 Å². The first-order chi connectivity index (χ1) is 14.3. The van der Waals surface area contributed by atoms with Gasteiger partial charge in [-0.3, -0.25) is 4.98 Å². The van der Waals surface area contributed by atoms with Crippen molar-refractivity contribution in [1.29, 1.82) is 0 Å². The van der Waals surface area contributed by atoms with Crippen LogP contribution >= 0.6 is 24.0 Å². The van der Waals surface area contributed by atoms with Gasteiger partial charge in [0.1, 0.15) is 0 Å². The fourth-order valence-corrected chi connectivity index (χ4v) is 3.16. The zero-order chi connectivity index (χ0) is 20.2. The lowest BCUT2D eigenvalue weighted by atomic mass is 10.1. The number of nitrogens with one attached hydrogen (secondary N) is 2. The number of rotatable bonds is 9. The van der Waals surface area contributed by atoms with Crippen LogP contribution in [0.5, 0.6) is 0 Å². The summed E-state index contributed by atoms with van der Waals surface area (Å²) in [7, 11) is 0. The standard InChI is InChI=1S/C23H32N4O2.HI/c1-2-24-23(26-14-10-21-5-3-4-13-25-21)27-17-19-6-8-20(9-7-19)18-29-22-11-15-28-16-12-22;/h3-9,13,22H,2,10-12,14-18H2,1H3,(H2,24,26,27);1H. The Balaban J connectivity index is 0.00000320. The van der Waals surface area contributed by atoms with Crippen molar-refractivity contribution >= 4 is 29.9 Å². The lowest BCUT2D eigenvalue weighted by molar-refractivity contribution is -0.0390. The minimum atomic E-state index is 0. The maximum absolute atomic E-state index is 5.99. The molecule has 3 rings (SSSR count). The zero-order valence-electron chi connectivity index (χ0n) is 17.7. The number of aliphatic imine (C=N–C) groups is 1. The van der Waals surface area contributed by atoms with Crippen LogP contribution in [0.1, 0.15) is 36.6 Å². The van der Waals surface area contributed by atoms with E-state index in [9.17, 15) is 0 Å². The molecule has 164 valence electrons. The lowest BCUT2D eigenvalue weighted by Gasteiger charge is -2.22. The molecule has 0 radical (unpaired) electrons. The number of halogens is 1. The van der Waals surface area contributed by atoms with Gasteiger partial charge in [0.15, 0.2) is 5.96 Å². The van der Waals surface area contributed by atoms with Gasteiger partial charge in [-0.2, -0.15) is 0 Å². The molecule has 0 unspecified atom stereocenters. The highest BCUT2D eigenvalue weighted by Crippen LogP contribution is 2.14. The Kier molecular flexibility index (Phi) is 11.7. The second-order valence-corrected chi connectivity index (χ2v) is 7.13. The number of aromatic nitrogens is 1. The van der Waals surface area contributed by atoms with E-state index in [0.717, 1.165) is 57.2 Å². The van der Waals surface area contributed by atoms with Crippen molar-refractivity contribution in [3.8, 4) is 0 Å². The topological polar surface area (TPSA) is 67.8 Å². The number of hydrogen-bond acceptors (Lipinski definition) is 4. The molecule has 6 nitrogen and oxygen atoms in total. The number of ether oxygens (including phenoxy) is 2. The lowest BCUT2D eigenvalue weighted by Crippen LogP contribution is -2.38. The van der Waals surface area contributed by atoms with E-state index in [2.05, 4.69) is 46.8 Å². The predicted octanol–water partition coefficient (Wildman–Crippen LogP) is 3.69. The van der Waals surface area contributed by atoms with E-state index in [4.69, 9.17) is 14.5 Å². The van der Waals surface area contributed by atoms with Crippen LogP contribution in [-0.2, 0) is 29.0 Å². The Hall–Kier alpha value is -1.71. The summed E-state index contributed by atoms with van der Waals surface area (Å²) in [5, 5.41) is 6.67. The van der Waals surface area contributed by atoms with Gasteiger partial charge in [-0.1, -0.05) is 30.3 Å². The van der Waals surface area contributed by atoms with Gasteiger partial charge in [0.2, 0.25) is 0 Å². The number of hydrogen-bond donors (Lipinski definition) is 2. The minimum absolute atomic E-state index is 0. The van der Waals surface area contributed by atoms with Crippen LogP contribution in [0, 0.1) is 0 Å². The van der Waals surface area contributed by atoms with Crippen molar-refractivity contribution < 1.29 is 9.47 Å². The molecule has 1 aromatic carbocycles. The van der Waals surface area contributed by atoms with Gasteiger partial charge in [0.25, 0.3) is 0 Å². The molecule has 2 heterocycles. The van der Waals surface area contributed by atoms with Crippen LogP contribution in [0.2, 0.25) is 0 Å². The van der Waals surface area contributed by atoms with Crippen LogP contribution in [0.3, 0.4) is 0 Å². The summed E-state index contributed by atoms with van der Waals surface area (Å²) in [6.45, 7) is 6.62. The molecule has 0 bridgehead atoms. The molecule has 0 saturated carbocycles. The molecular weight excluding hydrogens is 491 g/mol. The molecule has 30 heavy (non-hydrogen) atoms. The molecule has 2 N–H and O–H groups in total. The Labute approximate surface area is 196 Å². The third kappa shape index (κ3) is 8.97. The van der Waals surface area contributed by atoms with E-state index in [0.29, 0.717) is 19.3 Å². The van der Waals surface area contributed by atoms with E-state index in [1.807, 2.05) is 24.4 Å². The third-order valence-corrected chi connectivity index (χ3v) is 4.84. The third-order valence-electron chi connectivity index (χ3n) is 4.84. The van der Waals surface area contributed by atoms with E-state index in [-0.39, 0.29) is 24.0 Å². The van der Waals surface area contributed by atoms with Crippen molar-refractivity contribution in [3.05, 3.63) is 65.5 Å². The Morgan fingerprint density at radius 2 is 1.87 bits per heavy atom. The summed E-state index contributed by atoms with van der Waals surface area (Å²) in [6, 6.07) is 14.5. The molecular formula is C23H33IN4O2. The summed E-state index contributed by atoms with van der Waals surface area (Å²) in [6.07, 6.45) is 5.01. The average molecular weight is 524 g/mol.